The van der Waals surface area contributed by atoms with E-state index in [1.165, 1.54) is 19.2 Å². The molecule has 0 aliphatic heterocycles. The van der Waals surface area contributed by atoms with E-state index in [4.69, 9.17) is 4.74 Å². The molecule has 2 aromatic carbocycles. The summed E-state index contributed by atoms with van der Waals surface area (Å²) in [6.45, 7) is 3.63. The Morgan fingerprint density at radius 3 is 2.35 bits per heavy atom. The molecule has 6 nitrogen and oxygen atoms in total. The number of methoxy groups -OCH3 is 1. The van der Waals surface area contributed by atoms with E-state index in [9.17, 15) is 20.3 Å². The predicted molar refractivity (Wildman–Crippen MR) is 81.1 cm³/mol. The van der Waals surface area contributed by atoms with Crippen molar-refractivity contribution in [2.45, 2.75) is 6.42 Å². The van der Waals surface area contributed by atoms with Gasteiger partial charge < -0.3 is 14.9 Å². The maximum atomic E-state index is 10.4. The second-order valence-corrected chi connectivity index (χ2v) is 4.25. The third kappa shape index (κ3) is 7.19. The van der Waals surface area contributed by atoms with Crippen molar-refractivity contribution >= 4 is 5.69 Å². The first kappa shape index (κ1) is 21.0. The molecule has 0 aliphatic rings. The average molecular weight is 325 g/mol. The van der Waals surface area contributed by atoms with Gasteiger partial charge in [0.2, 0.25) is 0 Å². The molecule has 2 aromatic rings. The van der Waals surface area contributed by atoms with Crippen LogP contribution in [0, 0.1) is 10.1 Å². The van der Waals surface area contributed by atoms with E-state index < -0.39 is 4.92 Å². The zero-order valence-electron chi connectivity index (χ0n) is 13.1. The first-order valence-corrected chi connectivity index (χ1v) is 6.36. The second kappa shape index (κ2) is 10.7. The summed E-state index contributed by atoms with van der Waals surface area (Å²) in [5.41, 5.74) is 1.03. The molecule has 0 aliphatic carbocycles. The Balaban J connectivity index is 0.000000409. The fraction of sp³-hybridized carbons (Fsp3) is 0.125. The van der Waals surface area contributed by atoms with Crippen LogP contribution in [0.3, 0.4) is 0 Å². The van der Waals surface area contributed by atoms with Crippen molar-refractivity contribution in [2.24, 2.45) is 0 Å². The molecule has 0 unspecified atom stereocenters. The summed E-state index contributed by atoms with van der Waals surface area (Å²) in [6, 6.07) is 9.97. The molecule has 7 heteroatoms. The maximum absolute atomic E-state index is 10.4. The van der Waals surface area contributed by atoms with Gasteiger partial charge in [0.05, 0.1) is 12.0 Å². The monoisotopic (exact) mass is 325 g/mol. The number of ether oxygens (including phenoxy) is 1. The fourth-order valence-corrected chi connectivity index (χ4v) is 1.58. The minimum absolute atomic E-state index is 0. The third-order valence-corrected chi connectivity index (χ3v) is 2.67. The van der Waals surface area contributed by atoms with Crippen LogP contribution in [-0.2, 0) is 6.42 Å². The van der Waals surface area contributed by atoms with Crippen molar-refractivity contribution in [2.75, 3.05) is 7.11 Å². The minimum Gasteiger partial charge on any atom is -0.872 e. The molecular weight excluding hydrogens is 309 g/mol. The molecule has 2 rings (SSSR count). The van der Waals surface area contributed by atoms with Crippen LogP contribution >= 0.6 is 0 Å². The van der Waals surface area contributed by atoms with Gasteiger partial charge in [-0.2, -0.15) is 0 Å². The van der Waals surface area contributed by atoms with E-state index in [0.29, 0.717) is 5.75 Å². The number of nitro benzene ring substituents is 1. The molecule has 0 saturated carbocycles. The molecule has 0 heterocycles. The molecule has 0 atom stereocenters. The van der Waals surface area contributed by atoms with Crippen molar-refractivity contribution in [3.8, 4) is 17.2 Å². The number of hydrogen-bond acceptors (Lipinski definition) is 5. The van der Waals surface area contributed by atoms with Crippen LogP contribution in [0.15, 0.2) is 55.1 Å². The Kier molecular flexibility index (Phi) is 9.73. The van der Waals surface area contributed by atoms with Gasteiger partial charge in [-0.1, -0.05) is 24.3 Å². The van der Waals surface area contributed by atoms with Crippen molar-refractivity contribution in [1.82, 2.24) is 0 Å². The quantitative estimate of drug-likeness (QED) is 0.364. The van der Waals surface area contributed by atoms with Crippen LogP contribution in [0.4, 0.5) is 5.69 Å². The van der Waals surface area contributed by atoms with Crippen molar-refractivity contribution < 1.29 is 49.4 Å². The zero-order chi connectivity index (χ0) is 16.5. The van der Waals surface area contributed by atoms with Crippen LogP contribution in [0.25, 0.3) is 0 Å². The van der Waals surface area contributed by atoms with Crippen LogP contribution in [0.1, 0.15) is 5.56 Å². The fourth-order valence-electron chi connectivity index (χ4n) is 1.58. The minimum atomic E-state index is -0.542. The summed E-state index contributed by atoms with van der Waals surface area (Å²) in [5, 5.41) is 29.7. The van der Waals surface area contributed by atoms with Crippen LogP contribution < -0.4 is 39.4 Å². The third-order valence-electron chi connectivity index (χ3n) is 2.67. The molecule has 0 bridgehead atoms. The Morgan fingerprint density at radius 1 is 1.26 bits per heavy atom. The SMILES string of the molecule is C=CCc1ccc(O)c(OC)c1.O=[N+]([O-])c1ccc([O-])cc1.[Na+]. The number of allylic oxidation sites excluding steroid dienone is 1. The number of nitro groups is 1. The van der Waals surface area contributed by atoms with Crippen molar-refractivity contribution in [3.05, 3.63) is 70.8 Å². The molecule has 1 N–H and O–H groups in total. The van der Waals surface area contributed by atoms with Crippen molar-refractivity contribution in [1.29, 1.82) is 0 Å². The summed E-state index contributed by atoms with van der Waals surface area (Å²) < 4.78 is 4.95. The van der Waals surface area contributed by atoms with E-state index in [1.54, 1.807) is 12.1 Å². The topological polar surface area (TPSA) is 95.7 Å². The number of benzene rings is 2. The number of nitrogens with zero attached hydrogens (tertiary/aromatic N) is 1. The number of phenolic OH excluding ortho intramolecular Hbond substituents is 1. The first-order valence-electron chi connectivity index (χ1n) is 6.36. The number of non-ortho nitro benzene ring substituents is 1. The number of hydrogen-bond donors (Lipinski definition) is 1. The summed E-state index contributed by atoms with van der Waals surface area (Å²) in [7, 11) is 1.53. The Morgan fingerprint density at radius 2 is 1.87 bits per heavy atom. The van der Waals surface area contributed by atoms with E-state index in [0.717, 1.165) is 24.1 Å². The number of rotatable bonds is 4. The molecule has 0 saturated heterocycles. The van der Waals surface area contributed by atoms with Gasteiger partial charge in [-0.05, 0) is 24.1 Å². The summed E-state index contributed by atoms with van der Waals surface area (Å²) in [4.78, 5) is 9.47. The molecule has 0 aromatic heterocycles. The van der Waals surface area contributed by atoms with Gasteiger partial charge in [0.25, 0.3) is 5.69 Å². The van der Waals surface area contributed by atoms with Gasteiger partial charge in [-0.25, -0.2) is 0 Å². The van der Waals surface area contributed by atoms with Crippen LogP contribution in [0.5, 0.6) is 17.2 Å². The van der Waals surface area contributed by atoms with Crippen LogP contribution in [-0.4, -0.2) is 17.1 Å². The summed E-state index contributed by atoms with van der Waals surface area (Å²) in [6.07, 6.45) is 2.60. The zero-order valence-corrected chi connectivity index (χ0v) is 15.1. The molecule has 0 radical (unpaired) electrons. The van der Waals surface area contributed by atoms with E-state index in [2.05, 4.69) is 6.58 Å². The smallest absolute Gasteiger partial charge is 0.872 e. The van der Waals surface area contributed by atoms with Crippen LogP contribution in [0.2, 0.25) is 0 Å². The predicted octanol–water partition coefficient (Wildman–Crippen LogP) is -0.198. The summed E-state index contributed by atoms with van der Waals surface area (Å²) in [5.74, 6) is 0.463. The molecule has 0 spiro atoms. The summed E-state index contributed by atoms with van der Waals surface area (Å²) >= 11 is 0. The second-order valence-electron chi connectivity index (χ2n) is 4.25. The Hall–Kier alpha value is -2.02. The van der Waals surface area contributed by atoms with Gasteiger partial charge in [-0.15, -0.1) is 12.3 Å². The maximum Gasteiger partial charge on any atom is 1.00 e. The number of phenols is 1. The van der Waals surface area contributed by atoms with Gasteiger partial charge in [0.1, 0.15) is 0 Å². The van der Waals surface area contributed by atoms with Gasteiger partial charge >= 0.3 is 29.6 Å². The average Bonchev–Trinajstić information content (AvgIpc) is 2.50. The Bertz CT molecular complexity index is 643. The Labute approximate surface area is 156 Å². The normalized spacial score (nSPS) is 8.91. The molecule has 116 valence electrons. The van der Waals surface area contributed by atoms with E-state index in [1.807, 2.05) is 12.1 Å². The largest absolute Gasteiger partial charge is 1.00 e. The van der Waals surface area contributed by atoms with Gasteiger partial charge in [0.15, 0.2) is 11.5 Å². The van der Waals surface area contributed by atoms with Crippen molar-refractivity contribution in [3.63, 3.8) is 0 Å². The molecule has 23 heavy (non-hydrogen) atoms. The molecule has 0 amide bonds. The van der Waals surface area contributed by atoms with Gasteiger partial charge in [0, 0.05) is 12.1 Å². The standard InChI is InChI=1S/C10H12O2.C6H5NO3.Na/c1-3-4-8-5-6-9(11)10(7-8)12-2;8-6-3-1-5(2-4-6)7(9)10;/h3,5-7,11H,1,4H2,2H3;1-4,8H;/q;;+1/p-1. The first-order chi connectivity index (χ1) is 10.5. The van der Waals surface area contributed by atoms with E-state index in [-0.39, 0.29) is 46.7 Å². The van der Waals surface area contributed by atoms with E-state index >= 15 is 0 Å². The molecule has 0 fully saturated rings. The van der Waals surface area contributed by atoms with Gasteiger partial charge in [-0.3, -0.25) is 10.1 Å². The number of aromatic hydroxyl groups is 1. The molecular formula is C16H16NNaO5.